The van der Waals surface area contributed by atoms with Crippen molar-refractivity contribution in [2.75, 3.05) is 0 Å². The fourth-order valence-corrected chi connectivity index (χ4v) is 1.95. The van der Waals surface area contributed by atoms with Crippen LogP contribution in [0.5, 0.6) is 0 Å². The van der Waals surface area contributed by atoms with E-state index in [0.29, 0.717) is 0 Å². The number of rotatable bonds is 3. The second-order valence-electron chi connectivity index (χ2n) is 3.99. The quantitative estimate of drug-likeness (QED) is 0.832. The number of hydrogen-bond donors (Lipinski definition) is 2. The zero-order chi connectivity index (χ0) is 11.8. The molecule has 0 radical (unpaired) electrons. The van der Waals surface area contributed by atoms with Crippen LogP contribution in [0.3, 0.4) is 0 Å². The summed E-state index contributed by atoms with van der Waals surface area (Å²) in [6, 6.07) is 5.48. The van der Waals surface area contributed by atoms with Crippen molar-refractivity contribution in [3.63, 3.8) is 0 Å². The number of carbonyl (C=O) groups is 1. The molecule has 0 bridgehead atoms. The SMILES string of the molecule is CC(N)(Cc1ccc2nsnc2c1)C(=O)O. The summed E-state index contributed by atoms with van der Waals surface area (Å²) in [6.07, 6.45) is 0.274. The number of nitrogens with zero attached hydrogens (tertiary/aromatic N) is 2. The molecule has 1 aromatic carbocycles. The molecule has 3 N–H and O–H groups in total. The molecule has 0 saturated heterocycles. The third-order valence-corrected chi connectivity index (χ3v) is 2.93. The zero-order valence-electron chi connectivity index (χ0n) is 8.67. The molecule has 1 aromatic heterocycles. The Kier molecular flexibility index (Phi) is 2.61. The maximum atomic E-state index is 10.9. The summed E-state index contributed by atoms with van der Waals surface area (Å²) in [5, 5.41) is 8.92. The highest BCUT2D eigenvalue weighted by Gasteiger charge is 2.28. The minimum absolute atomic E-state index is 0.274. The molecule has 16 heavy (non-hydrogen) atoms. The number of hydrogen-bond acceptors (Lipinski definition) is 5. The van der Waals surface area contributed by atoms with Gasteiger partial charge in [-0.2, -0.15) is 8.75 Å². The van der Waals surface area contributed by atoms with Gasteiger partial charge in [0.15, 0.2) is 0 Å². The van der Waals surface area contributed by atoms with Gasteiger partial charge in [0.05, 0.1) is 11.7 Å². The van der Waals surface area contributed by atoms with Crippen LogP contribution < -0.4 is 5.73 Å². The van der Waals surface area contributed by atoms with Crippen molar-refractivity contribution in [1.82, 2.24) is 8.75 Å². The van der Waals surface area contributed by atoms with E-state index in [1.165, 1.54) is 6.92 Å². The largest absolute Gasteiger partial charge is 0.480 e. The van der Waals surface area contributed by atoms with Gasteiger partial charge in [0.2, 0.25) is 0 Å². The maximum Gasteiger partial charge on any atom is 0.323 e. The predicted molar refractivity (Wildman–Crippen MR) is 61.3 cm³/mol. The maximum absolute atomic E-state index is 10.9. The molecule has 0 saturated carbocycles. The van der Waals surface area contributed by atoms with Gasteiger partial charge in [-0.3, -0.25) is 4.79 Å². The first-order valence-electron chi connectivity index (χ1n) is 4.72. The molecule has 0 spiro atoms. The van der Waals surface area contributed by atoms with E-state index in [1.807, 2.05) is 18.2 Å². The van der Waals surface area contributed by atoms with Gasteiger partial charge in [0.1, 0.15) is 16.6 Å². The van der Waals surface area contributed by atoms with Crippen molar-refractivity contribution in [2.24, 2.45) is 5.73 Å². The molecule has 1 heterocycles. The lowest BCUT2D eigenvalue weighted by Gasteiger charge is -2.18. The van der Waals surface area contributed by atoms with Gasteiger partial charge in [-0.15, -0.1) is 0 Å². The first-order valence-corrected chi connectivity index (χ1v) is 5.45. The van der Waals surface area contributed by atoms with Crippen LogP contribution >= 0.6 is 11.7 Å². The van der Waals surface area contributed by atoms with Crippen LogP contribution in [0.15, 0.2) is 18.2 Å². The molecular formula is C10H11N3O2S. The lowest BCUT2D eigenvalue weighted by Crippen LogP contribution is -2.46. The minimum atomic E-state index is -1.25. The van der Waals surface area contributed by atoms with Gasteiger partial charge in [0, 0.05) is 6.42 Å². The summed E-state index contributed by atoms with van der Waals surface area (Å²) in [5.41, 5.74) is 6.88. The summed E-state index contributed by atoms with van der Waals surface area (Å²) in [5.74, 6) is -1.01. The van der Waals surface area contributed by atoms with Crippen LogP contribution in [0, 0.1) is 0 Å². The first kappa shape index (κ1) is 11.0. The molecule has 1 unspecified atom stereocenters. The molecule has 0 amide bonds. The molecule has 0 aliphatic carbocycles. The van der Waals surface area contributed by atoms with Gasteiger partial charge in [0.25, 0.3) is 0 Å². The van der Waals surface area contributed by atoms with E-state index < -0.39 is 11.5 Å². The van der Waals surface area contributed by atoms with E-state index in [2.05, 4.69) is 8.75 Å². The smallest absolute Gasteiger partial charge is 0.323 e. The monoisotopic (exact) mass is 237 g/mol. The molecule has 84 valence electrons. The van der Waals surface area contributed by atoms with E-state index in [4.69, 9.17) is 10.8 Å². The Labute approximate surface area is 96.2 Å². The molecule has 5 nitrogen and oxygen atoms in total. The fraction of sp³-hybridized carbons (Fsp3) is 0.300. The highest BCUT2D eigenvalue weighted by atomic mass is 32.1. The van der Waals surface area contributed by atoms with Crippen LogP contribution in [0.2, 0.25) is 0 Å². The molecule has 2 rings (SSSR count). The fourth-order valence-electron chi connectivity index (χ4n) is 1.44. The van der Waals surface area contributed by atoms with E-state index in [1.54, 1.807) is 0 Å². The Morgan fingerprint density at radius 2 is 2.19 bits per heavy atom. The van der Waals surface area contributed by atoms with Crippen molar-refractivity contribution in [2.45, 2.75) is 18.9 Å². The highest BCUT2D eigenvalue weighted by molar-refractivity contribution is 7.00. The van der Waals surface area contributed by atoms with Crippen LogP contribution in [0.1, 0.15) is 12.5 Å². The Bertz CT molecular complexity index is 536. The van der Waals surface area contributed by atoms with Gasteiger partial charge in [-0.05, 0) is 24.6 Å². The summed E-state index contributed by atoms with van der Waals surface area (Å²) in [4.78, 5) is 10.9. The standard InChI is InChI=1S/C10H11N3O2S/c1-10(11,9(14)15)5-6-2-3-7-8(4-6)13-16-12-7/h2-4H,5,11H2,1H3,(H,14,15). The number of carboxylic acid groups (broad SMARTS) is 1. The Balaban J connectivity index is 2.30. The topological polar surface area (TPSA) is 89.1 Å². The van der Waals surface area contributed by atoms with Gasteiger partial charge in [-0.25, -0.2) is 0 Å². The summed E-state index contributed by atoms with van der Waals surface area (Å²) >= 11 is 1.14. The first-order chi connectivity index (χ1) is 7.49. The number of fused-ring (bicyclic) bond motifs is 1. The average Bonchev–Trinajstić information content (AvgIpc) is 2.63. The van der Waals surface area contributed by atoms with Crippen molar-refractivity contribution in [3.8, 4) is 0 Å². The molecule has 0 aliphatic heterocycles. The van der Waals surface area contributed by atoms with Crippen LogP contribution in [0.25, 0.3) is 11.0 Å². The number of aromatic nitrogens is 2. The Morgan fingerprint density at radius 3 is 2.88 bits per heavy atom. The average molecular weight is 237 g/mol. The highest BCUT2D eigenvalue weighted by Crippen LogP contribution is 2.17. The molecule has 6 heteroatoms. The minimum Gasteiger partial charge on any atom is -0.480 e. The number of benzene rings is 1. The third kappa shape index (κ3) is 2.02. The van der Waals surface area contributed by atoms with Gasteiger partial charge < -0.3 is 10.8 Å². The van der Waals surface area contributed by atoms with E-state index in [-0.39, 0.29) is 6.42 Å². The van der Waals surface area contributed by atoms with Gasteiger partial charge in [-0.1, -0.05) is 6.07 Å². The van der Waals surface area contributed by atoms with Crippen molar-refractivity contribution >= 4 is 28.7 Å². The number of aliphatic carboxylic acids is 1. The number of nitrogens with two attached hydrogens (primary N) is 1. The zero-order valence-corrected chi connectivity index (χ0v) is 9.49. The molecule has 2 aromatic rings. The van der Waals surface area contributed by atoms with Gasteiger partial charge >= 0.3 is 5.97 Å². The van der Waals surface area contributed by atoms with E-state index in [9.17, 15) is 4.79 Å². The Hall–Kier alpha value is -1.53. The lowest BCUT2D eigenvalue weighted by molar-refractivity contribution is -0.142. The summed E-state index contributed by atoms with van der Waals surface area (Å²) in [6.45, 7) is 1.50. The van der Waals surface area contributed by atoms with Crippen molar-refractivity contribution < 1.29 is 9.90 Å². The van der Waals surface area contributed by atoms with E-state index in [0.717, 1.165) is 28.3 Å². The molecular weight excluding hydrogens is 226 g/mol. The van der Waals surface area contributed by atoms with E-state index >= 15 is 0 Å². The molecule has 1 atom stereocenters. The lowest BCUT2D eigenvalue weighted by atomic mass is 9.94. The Morgan fingerprint density at radius 1 is 1.50 bits per heavy atom. The van der Waals surface area contributed by atoms with Crippen molar-refractivity contribution in [1.29, 1.82) is 0 Å². The third-order valence-electron chi connectivity index (χ3n) is 2.38. The summed E-state index contributed by atoms with van der Waals surface area (Å²) in [7, 11) is 0. The second-order valence-corrected chi connectivity index (χ2v) is 4.52. The van der Waals surface area contributed by atoms with Crippen LogP contribution in [0.4, 0.5) is 0 Å². The second kappa shape index (κ2) is 3.80. The van der Waals surface area contributed by atoms with Crippen LogP contribution in [-0.2, 0) is 11.2 Å². The summed E-state index contributed by atoms with van der Waals surface area (Å²) < 4.78 is 8.17. The normalized spacial score (nSPS) is 14.9. The van der Waals surface area contributed by atoms with Crippen LogP contribution in [-0.4, -0.2) is 25.4 Å². The molecule has 0 fully saturated rings. The number of carboxylic acids is 1. The molecule has 0 aliphatic rings. The predicted octanol–water partition coefficient (Wildman–Crippen LogP) is 1.04. The van der Waals surface area contributed by atoms with Crippen molar-refractivity contribution in [3.05, 3.63) is 23.8 Å².